The van der Waals surface area contributed by atoms with Crippen LogP contribution < -0.4 is 10.0 Å². The van der Waals surface area contributed by atoms with Crippen molar-refractivity contribution in [2.75, 3.05) is 18.8 Å². The number of carbonyl (C=O) groups excluding carboxylic acids is 3. The molecule has 0 bridgehead atoms. The average molecular weight is 626 g/mol. The average Bonchev–Trinajstić information content (AvgIpc) is 3.00. The van der Waals surface area contributed by atoms with Gasteiger partial charge in [0.05, 0.1) is 10.8 Å². The molecule has 0 heterocycles. The van der Waals surface area contributed by atoms with Gasteiger partial charge in [-0.2, -0.15) is 12.6 Å². The van der Waals surface area contributed by atoms with Crippen LogP contribution in [0, 0.1) is 5.92 Å². The molecular weight excluding hydrogens is 587 g/mol. The Balaban J connectivity index is 1.69. The lowest BCUT2D eigenvalue weighted by Gasteiger charge is -2.24. The SMILES string of the molecule is CCCC(=O)N(CCNC(=O)C(CS)Cc1ccccc1)Cc1ccc(-c2ccccc2S(=O)(=O)NC(=O)C(C)O)cc1. The Morgan fingerprint density at radius 3 is 2.19 bits per heavy atom. The van der Waals surface area contributed by atoms with E-state index in [4.69, 9.17) is 0 Å². The summed E-state index contributed by atoms with van der Waals surface area (Å²) in [4.78, 5) is 39.2. The highest BCUT2D eigenvalue weighted by atomic mass is 32.2. The molecule has 0 aromatic heterocycles. The van der Waals surface area contributed by atoms with E-state index in [2.05, 4.69) is 17.9 Å². The molecule has 0 aliphatic heterocycles. The van der Waals surface area contributed by atoms with Crippen LogP contribution in [0.4, 0.5) is 0 Å². The fourth-order valence-electron chi connectivity index (χ4n) is 4.48. The van der Waals surface area contributed by atoms with Crippen molar-refractivity contribution in [2.45, 2.75) is 50.7 Å². The van der Waals surface area contributed by atoms with Gasteiger partial charge in [-0.15, -0.1) is 0 Å². The first-order valence-corrected chi connectivity index (χ1v) is 16.3. The summed E-state index contributed by atoms with van der Waals surface area (Å²) in [6.07, 6.45) is 0.170. The molecular formula is C32H39N3O6S2. The molecule has 0 saturated carbocycles. The van der Waals surface area contributed by atoms with Crippen molar-refractivity contribution in [3.8, 4) is 11.1 Å². The summed E-state index contributed by atoms with van der Waals surface area (Å²) in [6.45, 7) is 4.07. The minimum absolute atomic E-state index is 0.0267. The Hall–Kier alpha value is -3.67. The number of hydrogen-bond acceptors (Lipinski definition) is 7. The number of aliphatic hydroxyl groups excluding tert-OH is 1. The van der Waals surface area contributed by atoms with Gasteiger partial charge in [-0.05, 0) is 42.5 Å². The zero-order valence-corrected chi connectivity index (χ0v) is 26.1. The van der Waals surface area contributed by atoms with Crippen molar-refractivity contribution in [2.24, 2.45) is 5.92 Å². The molecule has 3 aromatic rings. The number of benzene rings is 3. The van der Waals surface area contributed by atoms with Crippen LogP contribution in [0.15, 0.2) is 83.8 Å². The third kappa shape index (κ3) is 9.94. The Kier molecular flexibility index (Phi) is 12.8. The van der Waals surface area contributed by atoms with E-state index >= 15 is 0 Å². The predicted octanol–water partition coefficient (Wildman–Crippen LogP) is 3.57. The van der Waals surface area contributed by atoms with Crippen LogP contribution in [0.25, 0.3) is 11.1 Å². The molecule has 2 atom stereocenters. The molecule has 0 saturated heterocycles. The molecule has 9 nitrogen and oxygen atoms in total. The molecule has 3 amide bonds. The minimum atomic E-state index is -4.23. The smallest absolute Gasteiger partial charge is 0.264 e. The van der Waals surface area contributed by atoms with Crippen LogP contribution in [-0.2, 0) is 37.4 Å². The van der Waals surface area contributed by atoms with Gasteiger partial charge in [0.2, 0.25) is 11.8 Å². The van der Waals surface area contributed by atoms with Gasteiger partial charge in [-0.3, -0.25) is 14.4 Å². The molecule has 0 spiro atoms. The van der Waals surface area contributed by atoms with E-state index in [1.807, 2.05) is 54.1 Å². The van der Waals surface area contributed by atoms with Gasteiger partial charge in [0.15, 0.2) is 0 Å². The van der Waals surface area contributed by atoms with Crippen LogP contribution in [0.5, 0.6) is 0 Å². The van der Waals surface area contributed by atoms with E-state index in [1.54, 1.807) is 35.2 Å². The van der Waals surface area contributed by atoms with Crippen molar-refractivity contribution < 1.29 is 27.9 Å². The Labute approximate surface area is 259 Å². The lowest BCUT2D eigenvalue weighted by Crippen LogP contribution is -2.40. The minimum Gasteiger partial charge on any atom is -0.384 e. The number of rotatable bonds is 15. The molecule has 230 valence electrons. The largest absolute Gasteiger partial charge is 0.384 e. The highest BCUT2D eigenvalue weighted by molar-refractivity contribution is 7.90. The molecule has 3 N–H and O–H groups in total. The summed E-state index contributed by atoms with van der Waals surface area (Å²) in [5, 5.41) is 12.4. The van der Waals surface area contributed by atoms with Crippen molar-refractivity contribution in [3.05, 3.63) is 90.0 Å². The number of nitrogens with one attached hydrogen (secondary N) is 2. The maximum atomic E-state index is 12.9. The first-order chi connectivity index (χ1) is 20.6. The van der Waals surface area contributed by atoms with E-state index < -0.39 is 22.0 Å². The van der Waals surface area contributed by atoms with E-state index in [-0.39, 0.29) is 22.6 Å². The Morgan fingerprint density at radius 1 is 0.907 bits per heavy atom. The highest BCUT2D eigenvalue weighted by Gasteiger charge is 2.24. The van der Waals surface area contributed by atoms with Crippen molar-refractivity contribution in [1.29, 1.82) is 0 Å². The number of thiol groups is 1. The van der Waals surface area contributed by atoms with Gasteiger partial charge >= 0.3 is 0 Å². The van der Waals surface area contributed by atoms with Gasteiger partial charge in [0.25, 0.3) is 15.9 Å². The second-order valence-corrected chi connectivity index (χ2v) is 12.3. The van der Waals surface area contributed by atoms with Gasteiger partial charge in [-0.25, -0.2) is 13.1 Å². The molecule has 2 unspecified atom stereocenters. The zero-order valence-electron chi connectivity index (χ0n) is 24.4. The second-order valence-electron chi connectivity index (χ2n) is 10.3. The van der Waals surface area contributed by atoms with Gasteiger partial charge in [-0.1, -0.05) is 79.7 Å². The second kappa shape index (κ2) is 16.3. The normalized spacial score (nSPS) is 12.7. The maximum absolute atomic E-state index is 12.9. The maximum Gasteiger partial charge on any atom is 0.264 e. The fraction of sp³-hybridized carbons (Fsp3) is 0.344. The first-order valence-electron chi connectivity index (χ1n) is 14.2. The fourth-order valence-corrected chi connectivity index (χ4v) is 6.06. The molecule has 3 rings (SSSR count). The number of amides is 3. The molecule has 0 aliphatic carbocycles. The molecule has 0 fully saturated rings. The quantitative estimate of drug-likeness (QED) is 0.191. The van der Waals surface area contributed by atoms with Crippen LogP contribution in [0.2, 0.25) is 0 Å². The first kappa shape index (κ1) is 33.8. The summed E-state index contributed by atoms with van der Waals surface area (Å²) >= 11 is 4.37. The lowest BCUT2D eigenvalue weighted by molar-refractivity contribution is -0.132. The monoisotopic (exact) mass is 625 g/mol. The van der Waals surface area contributed by atoms with Crippen LogP contribution >= 0.6 is 12.6 Å². The standard InChI is InChI=1S/C32H39N3O6S2/c1-3-9-30(37)35(19-18-33-32(39)27(22-42)20-24-10-5-4-6-11-24)21-25-14-16-26(17-15-25)28-12-7-8-13-29(28)43(40,41)34-31(38)23(2)36/h4-8,10-17,23,27,36,42H,3,9,18-22H2,1-2H3,(H,33,39)(H,34,38). The number of aliphatic hydroxyl groups is 1. The molecule has 0 aliphatic rings. The summed E-state index contributed by atoms with van der Waals surface area (Å²) in [5.41, 5.74) is 2.88. The Morgan fingerprint density at radius 2 is 1.56 bits per heavy atom. The Bertz CT molecular complexity index is 1480. The van der Waals surface area contributed by atoms with Crippen molar-refractivity contribution in [3.63, 3.8) is 0 Å². The van der Waals surface area contributed by atoms with E-state index in [0.717, 1.165) is 11.1 Å². The summed E-state index contributed by atoms with van der Waals surface area (Å²) < 4.78 is 27.6. The third-order valence-electron chi connectivity index (χ3n) is 6.84. The van der Waals surface area contributed by atoms with Crippen LogP contribution in [0.1, 0.15) is 37.8 Å². The van der Waals surface area contributed by atoms with Crippen LogP contribution in [0.3, 0.4) is 0 Å². The summed E-state index contributed by atoms with van der Waals surface area (Å²) in [5.74, 6) is -1.03. The number of sulfonamides is 1. The van der Waals surface area contributed by atoms with Gasteiger partial charge in [0.1, 0.15) is 6.10 Å². The topological polar surface area (TPSA) is 133 Å². The van der Waals surface area contributed by atoms with Crippen molar-refractivity contribution >= 4 is 40.4 Å². The molecule has 43 heavy (non-hydrogen) atoms. The lowest BCUT2D eigenvalue weighted by atomic mass is 10.0. The predicted molar refractivity (Wildman–Crippen MR) is 170 cm³/mol. The molecule has 3 aromatic carbocycles. The number of carbonyl (C=O) groups is 3. The van der Waals surface area contributed by atoms with Gasteiger partial charge < -0.3 is 15.3 Å². The van der Waals surface area contributed by atoms with E-state index in [1.165, 1.54) is 13.0 Å². The third-order valence-corrected chi connectivity index (χ3v) is 8.69. The summed E-state index contributed by atoms with van der Waals surface area (Å²) in [7, 11) is -4.23. The van der Waals surface area contributed by atoms with Crippen LogP contribution in [-0.4, -0.2) is 61.1 Å². The van der Waals surface area contributed by atoms with E-state index in [0.29, 0.717) is 55.8 Å². The number of hydrogen-bond donors (Lipinski definition) is 4. The molecule has 11 heteroatoms. The zero-order chi connectivity index (χ0) is 31.4. The molecule has 0 radical (unpaired) electrons. The van der Waals surface area contributed by atoms with Crippen molar-refractivity contribution in [1.82, 2.24) is 14.9 Å². The van der Waals surface area contributed by atoms with Gasteiger partial charge in [0, 0.05) is 37.4 Å². The highest BCUT2D eigenvalue weighted by Crippen LogP contribution is 2.28. The number of nitrogens with zero attached hydrogens (tertiary/aromatic N) is 1. The summed E-state index contributed by atoms with van der Waals surface area (Å²) in [6, 6.07) is 23.2. The van der Waals surface area contributed by atoms with E-state index in [9.17, 15) is 27.9 Å².